The minimum absolute atomic E-state index is 0.243. The lowest BCUT2D eigenvalue weighted by atomic mass is 10.0. The Morgan fingerprint density at radius 2 is 2.46 bits per heavy atom. The first-order chi connectivity index (χ1) is 6.11. The van der Waals surface area contributed by atoms with Crippen molar-refractivity contribution in [3.05, 3.63) is 0 Å². The Labute approximate surface area is 78.8 Å². The Morgan fingerprint density at radius 3 is 2.92 bits per heavy atom. The van der Waals surface area contributed by atoms with Crippen molar-refractivity contribution in [1.82, 2.24) is 5.32 Å². The molecule has 1 amide bonds. The van der Waals surface area contributed by atoms with E-state index in [1.54, 1.807) is 6.92 Å². The van der Waals surface area contributed by atoms with E-state index < -0.39 is 0 Å². The topological polar surface area (TPSA) is 64.3 Å². The van der Waals surface area contributed by atoms with Crippen LogP contribution in [0.3, 0.4) is 0 Å². The molecule has 13 heavy (non-hydrogen) atoms. The van der Waals surface area contributed by atoms with Gasteiger partial charge in [0.1, 0.15) is 0 Å². The SMILES string of the molecule is CC(NCC1CCOC1C)C(N)=O. The molecule has 3 atom stereocenters. The van der Waals surface area contributed by atoms with Crippen molar-refractivity contribution in [2.24, 2.45) is 11.7 Å². The van der Waals surface area contributed by atoms with Gasteiger partial charge in [0.15, 0.2) is 0 Å². The molecule has 0 bridgehead atoms. The molecular formula is C9H18N2O2. The lowest BCUT2D eigenvalue weighted by Crippen LogP contribution is -2.41. The van der Waals surface area contributed by atoms with Crippen LogP contribution >= 0.6 is 0 Å². The molecule has 0 aliphatic carbocycles. The molecule has 1 heterocycles. The van der Waals surface area contributed by atoms with Gasteiger partial charge in [-0.05, 0) is 26.2 Å². The van der Waals surface area contributed by atoms with Crippen LogP contribution in [0, 0.1) is 5.92 Å². The number of nitrogens with two attached hydrogens (primary N) is 1. The average molecular weight is 186 g/mol. The molecule has 1 rings (SSSR count). The lowest BCUT2D eigenvalue weighted by Gasteiger charge is -2.17. The highest BCUT2D eigenvalue weighted by molar-refractivity contribution is 5.79. The van der Waals surface area contributed by atoms with Crippen LogP contribution < -0.4 is 11.1 Å². The molecule has 1 aliphatic heterocycles. The van der Waals surface area contributed by atoms with Crippen molar-refractivity contribution in [2.75, 3.05) is 13.2 Å². The number of rotatable bonds is 4. The fraction of sp³-hybridized carbons (Fsp3) is 0.889. The second-order valence-corrected chi connectivity index (χ2v) is 3.66. The standard InChI is InChI=1S/C9H18N2O2/c1-6(9(10)12)11-5-8-3-4-13-7(8)2/h6-8,11H,3-5H2,1-2H3,(H2,10,12). The van der Waals surface area contributed by atoms with Crippen LogP contribution in [-0.4, -0.2) is 31.2 Å². The summed E-state index contributed by atoms with van der Waals surface area (Å²) in [7, 11) is 0. The van der Waals surface area contributed by atoms with E-state index in [1.807, 2.05) is 0 Å². The van der Waals surface area contributed by atoms with Crippen LogP contribution in [-0.2, 0) is 9.53 Å². The van der Waals surface area contributed by atoms with E-state index in [2.05, 4.69) is 12.2 Å². The lowest BCUT2D eigenvalue weighted by molar-refractivity contribution is -0.119. The van der Waals surface area contributed by atoms with Crippen molar-refractivity contribution in [2.45, 2.75) is 32.4 Å². The van der Waals surface area contributed by atoms with E-state index in [0.717, 1.165) is 19.6 Å². The number of ether oxygens (including phenoxy) is 1. The van der Waals surface area contributed by atoms with Crippen molar-refractivity contribution in [3.63, 3.8) is 0 Å². The number of primary amides is 1. The van der Waals surface area contributed by atoms with Gasteiger partial charge in [0.2, 0.25) is 5.91 Å². The van der Waals surface area contributed by atoms with Crippen molar-refractivity contribution < 1.29 is 9.53 Å². The average Bonchev–Trinajstić information content (AvgIpc) is 2.47. The zero-order valence-electron chi connectivity index (χ0n) is 8.25. The van der Waals surface area contributed by atoms with Gasteiger partial charge in [-0.25, -0.2) is 0 Å². The van der Waals surface area contributed by atoms with Gasteiger partial charge in [0, 0.05) is 13.2 Å². The normalized spacial score (nSPS) is 30.3. The minimum Gasteiger partial charge on any atom is -0.378 e. The fourth-order valence-corrected chi connectivity index (χ4v) is 1.47. The molecule has 0 spiro atoms. The van der Waals surface area contributed by atoms with Crippen LogP contribution in [0.25, 0.3) is 0 Å². The molecule has 3 N–H and O–H groups in total. The molecule has 3 unspecified atom stereocenters. The van der Waals surface area contributed by atoms with Crippen LogP contribution in [0.2, 0.25) is 0 Å². The Hall–Kier alpha value is -0.610. The monoisotopic (exact) mass is 186 g/mol. The third-order valence-corrected chi connectivity index (χ3v) is 2.65. The van der Waals surface area contributed by atoms with E-state index >= 15 is 0 Å². The Kier molecular flexibility index (Phi) is 3.69. The van der Waals surface area contributed by atoms with E-state index in [9.17, 15) is 4.79 Å². The zero-order valence-corrected chi connectivity index (χ0v) is 8.25. The summed E-state index contributed by atoms with van der Waals surface area (Å²) in [5.41, 5.74) is 5.12. The molecule has 1 saturated heterocycles. The highest BCUT2D eigenvalue weighted by atomic mass is 16.5. The molecule has 0 aromatic heterocycles. The van der Waals surface area contributed by atoms with Gasteiger partial charge in [-0.3, -0.25) is 4.79 Å². The first-order valence-electron chi connectivity index (χ1n) is 4.75. The van der Waals surface area contributed by atoms with Crippen LogP contribution in [0.4, 0.5) is 0 Å². The molecule has 0 aromatic carbocycles. The number of carbonyl (C=O) groups excluding carboxylic acids is 1. The van der Waals surface area contributed by atoms with Crippen LogP contribution in [0.5, 0.6) is 0 Å². The van der Waals surface area contributed by atoms with Crippen molar-refractivity contribution in [3.8, 4) is 0 Å². The first-order valence-corrected chi connectivity index (χ1v) is 4.75. The minimum atomic E-state index is -0.299. The summed E-state index contributed by atoms with van der Waals surface area (Å²) in [6.45, 7) is 5.49. The summed E-state index contributed by atoms with van der Waals surface area (Å²) in [6.07, 6.45) is 1.37. The predicted molar refractivity (Wildman–Crippen MR) is 50.2 cm³/mol. The molecule has 4 heteroatoms. The van der Waals surface area contributed by atoms with Crippen molar-refractivity contribution >= 4 is 5.91 Å². The number of hydrogen-bond donors (Lipinski definition) is 2. The van der Waals surface area contributed by atoms with Gasteiger partial charge < -0.3 is 15.8 Å². The molecule has 76 valence electrons. The number of hydrogen-bond acceptors (Lipinski definition) is 3. The summed E-state index contributed by atoms with van der Waals surface area (Å²) in [5.74, 6) is 0.216. The van der Waals surface area contributed by atoms with E-state index in [0.29, 0.717) is 12.0 Å². The molecule has 1 aliphatic rings. The maximum absolute atomic E-state index is 10.7. The highest BCUT2D eigenvalue weighted by Gasteiger charge is 2.24. The molecular weight excluding hydrogens is 168 g/mol. The maximum atomic E-state index is 10.7. The van der Waals surface area contributed by atoms with E-state index in [-0.39, 0.29) is 11.9 Å². The third kappa shape index (κ3) is 2.97. The molecule has 0 radical (unpaired) electrons. The summed E-state index contributed by atoms with van der Waals surface area (Å²) >= 11 is 0. The number of amides is 1. The molecule has 0 aromatic rings. The number of nitrogens with one attached hydrogen (secondary N) is 1. The second-order valence-electron chi connectivity index (χ2n) is 3.66. The van der Waals surface area contributed by atoms with Crippen LogP contribution in [0.1, 0.15) is 20.3 Å². The van der Waals surface area contributed by atoms with Gasteiger partial charge in [-0.1, -0.05) is 0 Å². The van der Waals surface area contributed by atoms with Crippen molar-refractivity contribution in [1.29, 1.82) is 0 Å². The Balaban J connectivity index is 2.22. The van der Waals surface area contributed by atoms with Crippen LogP contribution in [0.15, 0.2) is 0 Å². The second kappa shape index (κ2) is 4.58. The fourth-order valence-electron chi connectivity index (χ4n) is 1.47. The van der Waals surface area contributed by atoms with E-state index in [4.69, 9.17) is 10.5 Å². The Bertz CT molecular complexity index is 184. The number of carbonyl (C=O) groups is 1. The first kappa shape index (κ1) is 10.5. The maximum Gasteiger partial charge on any atom is 0.234 e. The zero-order chi connectivity index (χ0) is 9.84. The van der Waals surface area contributed by atoms with Gasteiger partial charge in [0.25, 0.3) is 0 Å². The summed E-state index contributed by atoms with van der Waals surface area (Å²) in [4.78, 5) is 10.7. The smallest absolute Gasteiger partial charge is 0.234 e. The summed E-state index contributed by atoms with van der Waals surface area (Å²) in [5, 5.41) is 3.10. The largest absolute Gasteiger partial charge is 0.378 e. The predicted octanol–water partition coefficient (Wildman–Crippen LogP) is -0.125. The van der Waals surface area contributed by atoms with Gasteiger partial charge >= 0.3 is 0 Å². The third-order valence-electron chi connectivity index (χ3n) is 2.65. The summed E-state index contributed by atoms with van der Waals surface area (Å²) < 4.78 is 5.40. The molecule has 1 fully saturated rings. The molecule has 4 nitrogen and oxygen atoms in total. The molecule has 0 saturated carbocycles. The Morgan fingerprint density at radius 1 is 1.77 bits per heavy atom. The summed E-state index contributed by atoms with van der Waals surface area (Å²) in [6, 6.07) is -0.243. The van der Waals surface area contributed by atoms with Gasteiger partial charge in [-0.15, -0.1) is 0 Å². The quantitative estimate of drug-likeness (QED) is 0.643. The van der Waals surface area contributed by atoms with E-state index in [1.165, 1.54) is 0 Å². The van der Waals surface area contributed by atoms with Gasteiger partial charge in [-0.2, -0.15) is 0 Å². The van der Waals surface area contributed by atoms with Gasteiger partial charge in [0.05, 0.1) is 12.1 Å². The highest BCUT2D eigenvalue weighted by Crippen LogP contribution is 2.19.